The van der Waals surface area contributed by atoms with Gasteiger partial charge in [0.15, 0.2) is 5.65 Å². The molecular formula is C28H30FN5O2S. The van der Waals surface area contributed by atoms with Crippen LogP contribution in [-0.2, 0) is 0 Å². The summed E-state index contributed by atoms with van der Waals surface area (Å²) in [5.41, 5.74) is 4.43. The van der Waals surface area contributed by atoms with Crippen LogP contribution < -0.4 is 10.6 Å². The summed E-state index contributed by atoms with van der Waals surface area (Å²) in [5, 5.41) is 22.2. The van der Waals surface area contributed by atoms with Crippen molar-refractivity contribution in [2.24, 2.45) is 0 Å². The number of aromatic nitrogens is 3. The van der Waals surface area contributed by atoms with Gasteiger partial charge in [0.05, 0.1) is 23.2 Å². The van der Waals surface area contributed by atoms with Crippen molar-refractivity contribution in [3.63, 3.8) is 0 Å². The first kappa shape index (κ1) is 25.2. The molecule has 2 aromatic carbocycles. The number of aryl methyl sites for hydroxylation is 2. The lowest BCUT2D eigenvalue weighted by atomic mass is 10.0. The van der Waals surface area contributed by atoms with Gasteiger partial charge in [0.25, 0.3) is 5.91 Å². The third-order valence-corrected chi connectivity index (χ3v) is 7.27. The third-order valence-electron chi connectivity index (χ3n) is 6.19. The van der Waals surface area contributed by atoms with Crippen LogP contribution in [0.1, 0.15) is 48.2 Å². The standard InChI is InChI=1S/C28H30FN5O2S/c1-16-11-18(5-9-21(16)27(35)32-20-7-8-20)23-14-30-26-22(31-15-28(3,4)36)13-25(33-34(23)26)37-24-10-6-19(29)12-17(24)2/h5-6,9-14,20,31,36H,7-8,15H2,1-4H3,(H,32,35). The molecule has 7 nitrogen and oxygen atoms in total. The summed E-state index contributed by atoms with van der Waals surface area (Å²) in [5.74, 6) is -0.325. The fourth-order valence-electron chi connectivity index (χ4n) is 4.04. The lowest BCUT2D eigenvalue weighted by Gasteiger charge is -2.19. The van der Waals surface area contributed by atoms with Crippen LogP contribution >= 0.6 is 11.8 Å². The van der Waals surface area contributed by atoms with Crippen molar-refractivity contribution in [2.45, 2.75) is 62.1 Å². The summed E-state index contributed by atoms with van der Waals surface area (Å²) in [4.78, 5) is 18.1. The van der Waals surface area contributed by atoms with E-state index in [0.717, 1.165) is 45.8 Å². The average molecular weight is 520 g/mol. The van der Waals surface area contributed by atoms with Crippen molar-refractivity contribution in [3.8, 4) is 11.3 Å². The lowest BCUT2D eigenvalue weighted by molar-refractivity contribution is 0.0940. The molecule has 1 fully saturated rings. The Morgan fingerprint density at radius 3 is 2.62 bits per heavy atom. The quantitative estimate of drug-likeness (QED) is 0.290. The molecule has 0 bridgehead atoms. The van der Waals surface area contributed by atoms with Gasteiger partial charge in [-0.2, -0.15) is 5.10 Å². The number of nitrogens with zero attached hydrogens (tertiary/aromatic N) is 3. The van der Waals surface area contributed by atoms with Gasteiger partial charge in [-0.05, 0) is 88.1 Å². The van der Waals surface area contributed by atoms with Crippen LogP contribution in [0.3, 0.4) is 0 Å². The second-order valence-corrected chi connectivity index (χ2v) is 11.3. The molecule has 1 saturated carbocycles. The SMILES string of the molecule is Cc1cc(F)ccc1Sc1cc(NCC(C)(C)O)c2ncc(-c3ccc(C(=O)NC4CC4)c(C)c3)n2n1. The van der Waals surface area contributed by atoms with Crippen molar-refractivity contribution in [1.29, 1.82) is 0 Å². The summed E-state index contributed by atoms with van der Waals surface area (Å²) < 4.78 is 15.4. The van der Waals surface area contributed by atoms with E-state index < -0.39 is 5.60 Å². The Kier molecular flexibility index (Phi) is 6.68. The maximum absolute atomic E-state index is 13.6. The molecule has 0 unspecified atom stereocenters. The molecule has 0 radical (unpaired) electrons. The maximum atomic E-state index is 13.6. The minimum atomic E-state index is -0.926. The van der Waals surface area contributed by atoms with E-state index in [0.29, 0.717) is 28.8 Å². The Bertz CT molecular complexity index is 1490. The molecule has 0 atom stereocenters. The second kappa shape index (κ2) is 9.79. The average Bonchev–Trinajstić information content (AvgIpc) is 3.54. The largest absolute Gasteiger partial charge is 0.389 e. The Morgan fingerprint density at radius 2 is 1.95 bits per heavy atom. The number of benzene rings is 2. The Labute approximate surface area is 219 Å². The van der Waals surface area contributed by atoms with Crippen molar-refractivity contribution >= 4 is 29.0 Å². The van der Waals surface area contributed by atoms with Gasteiger partial charge in [-0.25, -0.2) is 13.9 Å². The van der Waals surface area contributed by atoms with Gasteiger partial charge in [-0.1, -0.05) is 17.8 Å². The molecule has 0 aliphatic heterocycles. The van der Waals surface area contributed by atoms with Crippen LogP contribution in [0.5, 0.6) is 0 Å². The number of fused-ring (bicyclic) bond motifs is 1. The maximum Gasteiger partial charge on any atom is 0.251 e. The Hall–Kier alpha value is -3.43. The predicted octanol–water partition coefficient (Wildman–Crippen LogP) is 5.38. The Balaban J connectivity index is 1.54. The normalized spacial score (nSPS) is 13.7. The number of rotatable bonds is 8. The zero-order chi connectivity index (χ0) is 26.3. The minimum Gasteiger partial charge on any atom is -0.389 e. The summed E-state index contributed by atoms with van der Waals surface area (Å²) >= 11 is 1.43. The van der Waals surface area contributed by atoms with Gasteiger partial charge < -0.3 is 15.7 Å². The molecule has 9 heteroatoms. The highest BCUT2D eigenvalue weighted by Crippen LogP contribution is 2.34. The number of hydrogen-bond donors (Lipinski definition) is 3. The Morgan fingerprint density at radius 1 is 1.16 bits per heavy atom. The third kappa shape index (κ3) is 5.78. The molecule has 1 aliphatic carbocycles. The van der Waals surface area contributed by atoms with Gasteiger partial charge in [-0.3, -0.25) is 4.79 Å². The van der Waals surface area contributed by atoms with E-state index in [1.54, 1.807) is 30.6 Å². The zero-order valence-corrected chi connectivity index (χ0v) is 22.1. The summed E-state index contributed by atoms with van der Waals surface area (Å²) in [6, 6.07) is 12.6. The van der Waals surface area contributed by atoms with Crippen molar-refractivity contribution in [2.75, 3.05) is 11.9 Å². The molecule has 1 aliphatic rings. The number of carbonyl (C=O) groups is 1. The van der Waals surface area contributed by atoms with E-state index in [9.17, 15) is 14.3 Å². The van der Waals surface area contributed by atoms with Crippen LogP contribution in [0.4, 0.5) is 10.1 Å². The van der Waals surface area contributed by atoms with E-state index in [4.69, 9.17) is 5.10 Å². The van der Waals surface area contributed by atoms with Gasteiger partial charge in [0, 0.05) is 28.6 Å². The molecule has 192 valence electrons. The molecule has 2 aromatic heterocycles. The number of imidazole rings is 1. The fourth-order valence-corrected chi connectivity index (χ4v) is 4.92. The molecule has 0 spiro atoms. The molecular weight excluding hydrogens is 489 g/mol. The molecule has 0 saturated heterocycles. The topological polar surface area (TPSA) is 91.5 Å². The van der Waals surface area contributed by atoms with Crippen LogP contribution in [0.15, 0.2) is 58.6 Å². The van der Waals surface area contributed by atoms with Gasteiger partial charge in [0.1, 0.15) is 10.8 Å². The summed E-state index contributed by atoms with van der Waals surface area (Å²) in [6.45, 7) is 7.58. The van der Waals surface area contributed by atoms with E-state index in [-0.39, 0.29) is 11.7 Å². The van der Waals surface area contributed by atoms with Crippen molar-refractivity contribution in [3.05, 3.63) is 71.2 Å². The van der Waals surface area contributed by atoms with E-state index >= 15 is 0 Å². The first-order valence-corrected chi connectivity index (χ1v) is 13.1. The number of nitrogens with one attached hydrogen (secondary N) is 2. The molecule has 37 heavy (non-hydrogen) atoms. The monoisotopic (exact) mass is 519 g/mol. The molecule has 3 N–H and O–H groups in total. The summed E-state index contributed by atoms with van der Waals surface area (Å²) in [7, 11) is 0. The molecule has 2 heterocycles. The van der Waals surface area contributed by atoms with Crippen molar-refractivity contribution < 1.29 is 14.3 Å². The zero-order valence-electron chi connectivity index (χ0n) is 21.3. The number of amides is 1. The van der Waals surface area contributed by atoms with Crippen molar-refractivity contribution in [1.82, 2.24) is 19.9 Å². The summed E-state index contributed by atoms with van der Waals surface area (Å²) in [6.07, 6.45) is 3.84. The van der Waals surface area contributed by atoms with E-state index in [1.165, 1.54) is 23.9 Å². The smallest absolute Gasteiger partial charge is 0.251 e. The number of hydrogen-bond acceptors (Lipinski definition) is 6. The van der Waals surface area contributed by atoms with E-state index in [1.807, 2.05) is 38.1 Å². The van der Waals surface area contributed by atoms with Crippen LogP contribution in [0.25, 0.3) is 16.9 Å². The highest BCUT2D eigenvalue weighted by Gasteiger charge is 2.25. The first-order chi connectivity index (χ1) is 17.6. The first-order valence-electron chi connectivity index (χ1n) is 12.3. The molecule has 1 amide bonds. The number of carbonyl (C=O) groups excluding carboxylic acids is 1. The second-order valence-electron chi connectivity index (χ2n) is 10.2. The van der Waals surface area contributed by atoms with E-state index in [2.05, 4.69) is 15.6 Å². The number of halogens is 1. The predicted molar refractivity (Wildman–Crippen MR) is 144 cm³/mol. The molecule has 5 rings (SSSR count). The van der Waals surface area contributed by atoms with Gasteiger partial charge in [0.2, 0.25) is 0 Å². The van der Waals surface area contributed by atoms with Crippen LogP contribution in [-0.4, -0.2) is 43.8 Å². The van der Waals surface area contributed by atoms with Gasteiger partial charge >= 0.3 is 0 Å². The van der Waals surface area contributed by atoms with Crippen LogP contribution in [0.2, 0.25) is 0 Å². The number of anilines is 1. The highest BCUT2D eigenvalue weighted by molar-refractivity contribution is 7.99. The van der Waals surface area contributed by atoms with Gasteiger partial charge in [-0.15, -0.1) is 0 Å². The highest BCUT2D eigenvalue weighted by atomic mass is 32.2. The number of aliphatic hydroxyl groups is 1. The lowest BCUT2D eigenvalue weighted by Crippen LogP contribution is -2.29. The minimum absolute atomic E-state index is 0.0470. The van der Waals surface area contributed by atoms with Crippen LogP contribution in [0, 0.1) is 19.7 Å². The fraction of sp³-hybridized carbons (Fsp3) is 0.321. The molecule has 4 aromatic rings.